The number of fused-ring (bicyclic) bond motifs is 4. The molecular weight excluding hydrogens is 352 g/mol. The highest BCUT2D eigenvalue weighted by Crippen LogP contribution is 2.35. The van der Waals surface area contributed by atoms with Gasteiger partial charge in [0.05, 0.1) is 5.69 Å². The van der Waals surface area contributed by atoms with E-state index in [0.717, 1.165) is 53.1 Å². The number of aromatic nitrogens is 2. The first-order valence-electron chi connectivity index (χ1n) is 10.1. The third kappa shape index (κ3) is 2.75. The number of amides is 1. The van der Waals surface area contributed by atoms with Crippen molar-refractivity contribution in [2.24, 2.45) is 13.0 Å². The summed E-state index contributed by atoms with van der Waals surface area (Å²) >= 11 is 0. The van der Waals surface area contributed by atoms with Gasteiger partial charge in [-0.3, -0.25) is 9.48 Å². The normalized spacial score (nSPS) is 24.0. The van der Waals surface area contributed by atoms with Crippen molar-refractivity contribution in [3.05, 3.63) is 41.4 Å². The number of para-hydroxylation sites is 1. The molecule has 1 aromatic carbocycles. The van der Waals surface area contributed by atoms with E-state index in [9.17, 15) is 4.79 Å². The Balaban J connectivity index is 1.48. The third-order valence-corrected chi connectivity index (χ3v) is 6.52. The first-order chi connectivity index (χ1) is 13.5. The summed E-state index contributed by atoms with van der Waals surface area (Å²) in [5.41, 5.74) is 4.86. The Labute approximate surface area is 164 Å². The molecule has 2 aromatic heterocycles. The van der Waals surface area contributed by atoms with Gasteiger partial charge in [0.25, 0.3) is 5.91 Å². The summed E-state index contributed by atoms with van der Waals surface area (Å²) in [4.78, 5) is 15.3. The molecule has 1 amide bonds. The molecule has 2 bridgehead atoms. The number of nitrogens with one attached hydrogen (secondary N) is 1. The van der Waals surface area contributed by atoms with Crippen LogP contribution in [0.15, 0.2) is 28.7 Å². The first kappa shape index (κ1) is 17.5. The zero-order valence-electron chi connectivity index (χ0n) is 16.7. The number of nitrogens with zero attached hydrogens (tertiary/aromatic N) is 3. The molecule has 3 saturated heterocycles. The minimum absolute atomic E-state index is 0.111. The molecule has 6 heteroatoms. The van der Waals surface area contributed by atoms with E-state index >= 15 is 0 Å². The van der Waals surface area contributed by atoms with Gasteiger partial charge in [0, 0.05) is 41.8 Å². The molecule has 1 atom stereocenters. The van der Waals surface area contributed by atoms with E-state index in [0.29, 0.717) is 11.7 Å². The second-order valence-electron chi connectivity index (χ2n) is 8.22. The zero-order valence-corrected chi connectivity index (χ0v) is 16.7. The Hall–Kier alpha value is -2.60. The van der Waals surface area contributed by atoms with Crippen molar-refractivity contribution in [1.29, 1.82) is 0 Å². The molecule has 0 aliphatic carbocycles. The second-order valence-corrected chi connectivity index (χ2v) is 8.22. The van der Waals surface area contributed by atoms with Crippen LogP contribution in [0.5, 0.6) is 0 Å². The molecule has 146 valence electrons. The molecular formula is C22H26N4O2. The fourth-order valence-electron chi connectivity index (χ4n) is 4.90. The Morgan fingerprint density at radius 3 is 2.68 bits per heavy atom. The smallest absolute Gasteiger partial charge is 0.287 e. The lowest BCUT2D eigenvalue weighted by atomic mass is 9.84. The maximum Gasteiger partial charge on any atom is 0.287 e. The van der Waals surface area contributed by atoms with Crippen LogP contribution in [0.2, 0.25) is 0 Å². The summed E-state index contributed by atoms with van der Waals surface area (Å²) in [6.07, 6.45) is 2.35. The zero-order chi connectivity index (χ0) is 19.4. The summed E-state index contributed by atoms with van der Waals surface area (Å²) in [7, 11) is 1.95. The number of piperidine rings is 3. The molecule has 0 radical (unpaired) electrons. The first-order valence-corrected chi connectivity index (χ1v) is 10.1. The van der Waals surface area contributed by atoms with Gasteiger partial charge in [-0.05, 0) is 51.8 Å². The molecule has 28 heavy (non-hydrogen) atoms. The molecule has 3 aliphatic heterocycles. The van der Waals surface area contributed by atoms with Crippen molar-refractivity contribution in [2.75, 3.05) is 19.6 Å². The van der Waals surface area contributed by atoms with Crippen molar-refractivity contribution in [1.82, 2.24) is 20.0 Å². The molecule has 3 fully saturated rings. The monoisotopic (exact) mass is 378 g/mol. The Kier molecular flexibility index (Phi) is 4.05. The van der Waals surface area contributed by atoms with Crippen LogP contribution in [0.1, 0.15) is 34.8 Å². The number of rotatable bonds is 3. The number of hydrogen-bond acceptors (Lipinski definition) is 4. The minimum Gasteiger partial charge on any atom is -0.450 e. The van der Waals surface area contributed by atoms with Gasteiger partial charge in [-0.25, -0.2) is 0 Å². The van der Waals surface area contributed by atoms with E-state index in [1.54, 1.807) is 0 Å². The number of furan rings is 1. The number of benzene rings is 1. The molecule has 3 aliphatic rings. The lowest BCUT2D eigenvalue weighted by Gasteiger charge is -2.44. The third-order valence-electron chi connectivity index (χ3n) is 6.52. The van der Waals surface area contributed by atoms with Gasteiger partial charge in [-0.1, -0.05) is 18.2 Å². The molecule has 3 aromatic rings. The number of carbonyl (C=O) groups is 1. The van der Waals surface area contributed by atoms with Crippen LogP contribution in [0.3, 0.4) is 0 Å². The van der Waals surface area contributed by atoms with Crippen LogP contribution in [0.25, 0.3) is 22.1 Å². The van der Waals surface area contributed by atoms with Crippen LogP contribution in [-0.4, -0.2) is 46.3 Å². The highest BCUT2D eigenvalue weighted by atomic mass is 16.3. The predicted molar refractivity (Wildman–Crippen MR) is 108 cm³/mol. The van der Waals surface area contributed by atoms with Gasteiger partial charge in [-0.15, -0.1) is 0 Å². The van der Waals surface area contributed by atoms with E-state index < -0.39 is 0 Å². The van der Waals surface area contributed by atoms with Gasteiger partial charge >= 0.3 is 0 Å². The van der Waals surface area contributed by atoms with Crippen LogP contribution in [0, 0.1) is 19.8 Å². The van der Waals surface area contributed by atoms with Crippen LogP contribution in [-0.2, 0) is 7.05 Å². The van der Waals surface area contributed by atoms with Gasteiger partial charge < -0.3 is 14.6 Å². The van der Waals surface area contributed by atoms with E-state index in [2.05, 4.69) is 22.2 Å². The van der Waals surface area contributed by atoms with Gasteiger partial charge in [0.15, 0.2) is 5.76 Å². The molecule has 0 spiro atoms. The molecule has 0 unspecified atom stereocenters. The molecule has 6 rings (SSSR count). The average molecular weight is 378 g/mol. The molecule has 0 saturated carbocycles. The highest BCUT2D eigenvalue weighted by Gasteiger charge is 2.35. The second kappa shape index (κ2) is 6.48. The highest BCUT2D eigenvalue weighted by molar-refractivity contribution is 6.00. The molecule has 6 nitrogen and oxygen atoms in total. The number of carbonyl (C=O) groups excluding carboxylic acids is 1. The van der Waals surface area contributed by atoms with Crippen LogP contribution < -0.4 is 5.32 Å². The lowest BCUT2D eigenvalue weighted by Crippen LogP contribution is -2.57. The van der Waals surface area contributed by atoms with Crippen molar-refractivity contribution in [2.45, 2.75) is 32.7 Å². The Bertz CT molecular complexity index is 1060. The summed E-state index contributed by atoms with van der Waals surface area (Å²) in [6.45, 7) is 7.34. The fraction of sp³-hybridized carbons (Fsp3) is 0.455. The number of hydrogen-bond donors (Lipinski definition) is 1. The fourth-order valence-corrected chi connectivity index (χ4v) is 4.90. The summed E-state index contributed by atoms with van der Waals surface area (Å²) in [5, 5.41) is 8.69. The quantitative estimate of drug-likeness (QED) is 0.760. The molecule has 1 N–H and O–H groups in total. The maximum absolute atomic E-state index is 12.9. The average Bonchev–Trinajstić information content (AvgIpc) is 3.24. The van der Waals surface area contributed by atoms with Gasteiger partial charge in [0.1, 0.15) is 5.58 Å². The Morgan fingerprint density at radius 2 is 2.04 bits per heavy atom. The van der Waals surface area contributed by atoms with Gasteiger partial charge in [-0.2, -0.15) is 5.10 Å². The summed E-state index contributed by atoms with van der Waals surface area (Å²) in [6, 6.07) is 8.13. The largest absolute Gasteiger partial charge is 0.450 e. The van der Waals surface area contributed by atoms with E-state index in [1.165, 1.54) is 12.8 Å². The van der Waals surface area contributed by atoms with E-state index in [4.69, 9.17) is 4.42 Å². The predicted octanol–water partition coefficient (Wildman–Crippen LogP) is 3.27. The standard InChI is InChI=1S/C22H26N4O2/c1-13-20(14(2)25(3)24-13)17-6-4-5-16-11-19(28-21(16)17)22(27)23-18-12-26-9-7-15(18)8-10-26/h4-6,11,15,18H,7-10,12H2,1-3H3,(H,23,27)/t18-/m0/s1. The van der Waals surface area contributed by atoms with Crippen molar-refractivity contribution < 1.29 is 9.21 Å². The summed E-state index contributed by atoms with van der Waals surface area (Å²) in [5.74, 6) is 0.869. The molecule has 5 heterocycles. The van der Waals surface area contributed by atoms with Crippen LogP contribution in [0.4, 0.5) is 0 Å². The van der Waals surface area contributed by atoms with Crippen molar-refractivity contribution in [3.63, 3.8) is 0 Å². The van der Waals surface area contributed by atoms with Crippen LogP contribution >= 0.6 is 0 Å². The minimum atomic E-state index is -0.111. The SMILES string of the molecule is Cc1nn(C)c(C)c1-c1cccc2cc(C(=O)N[C@H]3CN4CCC3CC4)oc12. The lowest BCUT2D eigenvalue weighted by molar-refractivity contribution is 0.0607. The van der Waals surface area contributed by atoms with E-state index in [-0.39, 0.29) is 11.9 Å². The Morgan fingerprint density at radius 1 is 1.25 bits per heavy atom. The summed E-state index contributed by atoms with van der Waals surface area (Å²) < 4.78 is 7.98. The van der Waals surface area contributed by atoms with Crippen molar-refractivity contribution >= 4 is 16.9 Å². The van der Waals surface area contributed by atoms with Gasteiger partial charge in [0.2, 0.25) is 0 Å². The number of aryl methyl sites for hydroxylation is 2. The van der Waals surface area contributed by atoms with E-state index in [1.807, 2.05) is 42.9 Å². The topological polar surface area (TPSA) is 63.3 Å². The maximum atomic E-state index is 12.9. The van der Waals surface area contributed by atoms with Crippen molar-refractivity contribution in [3.8, 4) is 11.1 Å².